The molecule has 0 bridgehead atoms. The first-order valence-electron chi connectivity index (χ1n) is 5.38. The Labute approximate surface area is 88.9 Å². The van der Waals surface area contributed by atoms with E-state index in [0.29, 0.717) is 6.10 Å². The van der Waals surface area contributed by atoms with Gasteiger partial charge in [-0.05, 0) is 30.5 Å². The van der Waals surface area contributed by atoms with Crippen LogP contribution in [0.15, 0.2) is 36.5 Å². The van der Waals surface area contributed by atoms with Crippen molar-refractivity contribution in [1.29, 1.82) is 0 Å². The van der Waals surface area contributed by atoms with E-state index in [1.165, 1.54) is 10.9 Å². The van der Waals surface area contributed by atoms with Gasteiger partial charge in [0.1, 0.15) is 0 Å². The van der Waals surface area contributed by atoms with E-state index in [9.17, 15) is 0 Å². The van der Waals surface area contributed by atoms with E-state index < -0.39 is 0 Å². The molecule has 1 atom stereocenters. The van der Waals surface area contributed by atoms with Crippen molar-refractivity contribution in [1.82, 2.24) is 4.98 Å². The second kappa shape index (κ2) is 3.63. The third kappa shape index (κ3) is 1.85. The van der Waals surface area contributed by atoms with Crippen LogP contribution in [0.5, 0.6) is 0 Å². The first-order chi connectivity index (χ1) is 7.43. The Bertz CT molecular complexity index is 471. The lowest BCUT2D eigenvalue weighted by Crippen LogP contribution is -1.92. The van der Waals surface area contributed by atoms with Gasteiger partial charge in [-0.3, -0.25) is 4.98 Å². The minimum Gasteiger partial charge on any atom is -0.373 e. The van der Waals surface area contributed by atoms with Crippen LogP contribution < -0.4 is 0 Å². The Hall–Kier alpha value is -1.41. The van der Waals surface area contributed by atoms with Crippen molar-refractivity contribution < 1.29 is 4.74 Å². The molecule has 0 radical (unpaired) electrons. The van der Waals surface area contributed by atoms with Crippen LogP contribution >= 0.6 is 0 Å². The quantitative estimate of drug-likeness (QED) is 0.710. The molecule has 0 aliphatic carbocycles. The predicted octanol–water partition coefficient (Wildman–Crippen LogP) is 2.57. The van der Waals surface area contributed by atoms with Gasteiger partial charge >= 0.3 is 0 Å². The first kappa shape index (κ1) is 8.86. The van der Waals surface area contributed by atoms with Crippen molar-refractivity contribution in [3.8, 4) is 0 Å². The minimum absolute atomic E-state index is 0.511. The van der Waals surface area contributed by atoms with Gasteiger partial charge in [-0.1, -0.05) is 18.2 Å². The van der Waals surface area contributed by atoms with Crippen LogP contribution in [0.3, 0.4) is 0 Å². The molecule has 1 aromatic heterocycles. The number of ether oxygens (including phenoxy) is 1. The number of aromatic nitrogens is 1. The summed E-state index contributed by atoms with van der Waals surface area (Å²) >= 11 is 0. The van der Waals surface area contributed by atoms with E-state index in [2.05, 4.69) is 29.2 Å². The van der Waals surface area contributed by atoms with Crippen LogP contribution in [0.25, 0.3) is 10.9 Å². The number of benzene rings is 1. The van der Waals surface area contributed by atoms with Crippen molar-refractivity contribution in [2.24, 2.45) is 0 Å². The van der Waals surface area contributed by atoms with Gasteiger partial charge in [-0.2, -0.15) is 0 Å². The molecule has 15 heavy (non-hydrogen) atoms. The van der Waals surface area contributed by atoms with Crippen LogP contribution in [0, 0.1) is 0 Å². The van der Waals surface area contributed by atoms with Gasteiger partial charge < -0.3 is 4.74 Å². The summed E-state index contributed by atoms with van der Waals surface area (Å²) in [5.41, 5.74) is 2.47. The topological polar surface area (TPSA) is 25.4 Å². The van der Waals surface area contributed by atoms with Crippen molar-refractivity contribution in [3.63, 3.8) is 0 Å². The number of nitrogens with zero attached hydrogens (tertiary/aromatic N) is 1. The molecule has 0 unspecified atom stereocenters. The van der Waals surface area contributed by atoms with Crippen LogP contribution in [0.1, 0.15) is 12.0 Å². The molecule has 2 nitrogen and oxygen atoms in total. The number of hydrogen-bond donors (Lipinski definition) is 0. The summed E-state index contributed by atoms with van der Waals surface area (Å²) in [5.74, 6) is 0. The standard InChI is InChI=1S/C13H13NO/c1-3-10(6-7-11-9-15-11)12-4-2-8-14-13(12)5-1/h1-5,8,11H,6-7,9H2/t11-/m0/s1. The number of rotatable bonds is 3. The lowest BCUT2D eigenvalue weighted by molar-refractivity contribution is 0.397. The third-order valence-electron chi connectivity index (χ3n) is 2.87. The largest absolute Gasteiger partial charge is 0.373 e. The predicted molar refractivity (Wildman–Crippen MR) is 59.8 cm³/mol. The van der Waals surface area contributed by atoms with Gasteiger partial charge in [-0.25, -0.2) is 0 Å². The molecule has 1 aromatic carbocycles. The Morgan fingerprint density at radius 3 is 3.07 bits per heavy atom. The Morgan fingerprint density at radius 1 is 1.27 bits per heavy atom. The minimum atomic E-state index is 0.511. The number of aryl methyl sites for hydroxylation is 1. The highest BCUT2D eigenvalue weighted by Gasteiger charge is 2.21. The highest BCUT2D eigenvalue weighted by molar-refractivity contribution is 5.81. The third-order valence-corrected chi connectivity index (χ3v) is 2.87. The highest BCUT2D eigenvalue weighted by atomic mass is 16.6. The maximum atomic E-state index is 5.23. The summed E-state index contributed by atoms with van der Waals surface area (Å²) in [6, 6.07) is 10.5. The van der Waals surface area contributed by atoms with Gasteiger partial charge in [0.25, 0.3) is 0 Å². The smallest absolute Gasteiger partial charge is 0.0813 e. The molecule has 1 fully saturated rings. The molecule has 1 aliphatic rings. The first-order valence-corrected chi connectivity index (χ1v) is 5.38. The van der Waals surface area contributed by atoms with Crippen molar-refractivity contribution in [2.75, 3.05) is 6.61 Å². The summed E-state index contributed by atoms with van der Waals surface area (Å²) in [5, 5.41) is 1.28. The maximum absolute atomic E-state index is 5.23. The van der Waals surface area contributed by atoms with Crippen LogP contribution in [0.2, 0.25) is 0 Å². The molecule has 1 saturated heterocycles. The molecule has 0 saturated carbocycles. The molecule has 3 rings (SSSR count). The Morgan fingerprint density at radius 2 is 2.20 bits per heavy atom. The van der Waals surface area contributed by atoms with Crippen LogP contribution in [0.4, 0.5) is 0 Å². The van der Waals surface area contributed by atoms with Gasteiger partial charge in [0.2, 0.25) is 0 Å². The summed E-state index contributed by atoms with van der Waals surface area (Å²) in [6.07, 6.45) is 4.58. The molecule has 76 valence electrons. The maximum Gasteiger partial charge on any atom is 0.0813 e. The average Bonchev–Trinajstić information content (AvgIpc) is 3.10. The number of epoxide rings is 1. The summed E-state index contributed by atoms with van der Waals surface area (Å²) in [4.78, 5) is 4.35. The van der Waals surface area contributed by atoms with Gasteiger partial charge in [-0.15, -0.1) is 0 Å². The average molecular weight is 199 g/mol. The lowest BCUT2D eigenvalue weighted by atomic mass is 10.0. The van der Waals surface area contributed by atoms with Crippen molar-refractivity contribution in [3.05, 3.63) is 42.1 Å². The molecule has 2 heteroatoms. The van der Waals surface area contributed by atoms with Gasteiger partial charge in [0.15, 0.2) is 0 Å². The molecule has 1 aliphatic heterocycles. The Balaban J connectivity index is 1.93. The molecule has 0 N–H and O–H groups in total. The van der Waals surface area contributed by atoms with Gasteiger partial charge in [0.05, 0.1) is 18.2 Å². The molecule has 0 spiro atoms. The number of fused-ring (bicyclic) bond motifs is 1. The zero-order valence-corrected chi connectivity index (χ0v) is 8.52. The van der Waals surface area contributed by atoms with E-state index in [1.807, 2.05) is 12.3 Å². The molecular formula is C13H13NO. The van der Waals surface area contributed by atoms with Gasteiger partial charge in [0, 0.05) is 11.6 Å². The fourth-order valence-corrected chi connectivity index (χ4v) is 1.94. The van der Waals surface area contributed by atoms with Crippen molar-refractivity contribution in [2.45, 2.75) is 18.9 Å². The van der Waals surface area contributed by atoms with E-state index in [4.69, 9.17) is 4.74 Å². The van der Waals surface area contributed by atoms with E-state index in [1.54, 1.807) is 0 Å². The SMILES string of the molecule is c1cc(CC[C@H]2CO2)c2cccnc2c1. The summed E-state index contributed by atoms with van der Waals surface area (Å²) < 4.78 is 5.23. The Kier molecular flexibility index (Phi) is 2.14. The fourth-order valence-electron chi connectivity index (χ4n) is 1.94. The van der Waals surface area contributed by atoms with Crippen LogP contribution in [-0.2, 0) is 11.2 Å². The zero-order chi connectivity index (χ0) is 10.1. The normalized spacial score (nSPS) is 19.3. The summed E-state index contributed by atoms with van der Waals surface area (Å²) in [6.45, 7) is 0.947. The van der Waals surface area contributed by atoms with Crippen molar-refractivity contribution >= 4 is 10.9 Å². The molecular weight excluding hydrogens is 186 g/mol. The van der Waals surface area contributed by atoms with E-state index in [-0.39, 0.29) is 0 Å². The van der Waals surface area contributed by atoms with Crippen LogP contribution in [-0.4, -0.2) is 17.7 Å². The number of hydrogen-bond acceptors (Lipinski definition) is 2. The second-order valence-corrected chi connectivity index (χ2v) is 3.98. The number of pyridine rings is 1. The molecule has 0 amide bonds. The van der Waals surface area contributed by atoms with E-state index >= 15 is 0 Å². The highest BCUT2D eigenvalue weighted by Crippen LogP contribution is 2.21. The molecule has 2 aromatic rings. The zero-order valence-electron chi connectivity index (χ0n) is 8.52. The van der Waals surface area contributed by atoms with E-state index in [0.717, 1.165) is 25.0 Å². The molecule has 2 heterocycles. The lowest BCUT2D eigenvalue weighted by Gasteiger charge is -2.04. The monoisotopic (exact) mass is 199 g/mol. The fraction of sp³-hybridized carbons (Fsp3) is 0.308. The summed E-state index contributed by atoms with van der Waals surface area (Å²) in [7, 11) is 0. The second-order valence-electron chi connectivity index (χ2n) is 3.98.